The first-order chi connectivity index (χ1) is 13.1. The minimum absolute atomic E-state index is 0.122. The molecule has 0 unspecified atom stereocenters. The summed E-state index contributed by atoms with van der Waals surface area (Å²) in [6.45, 7) is 2.91. The Morgan fingerprint density at radius 1 is 1.07 bits per heavy atom. The third-order valence-corrected chi connectivity index (χ3v) is 4.72. The van der Waals surface area contributed by atoms with Gasteiger partial charge in [0.1, 0.15) is 23.1 Å². The van der Waals surface area contributed by atoms with Crippen LogP contribution in [0.15, 0.2) is 53.9 Å². The normalized spacial score (nSPS) is 15.6. The first-order valence-electron chi connectivity index (χ1n) is 9.33. The molecule has 0 saturated carbocycles. The lowest BCUT2D eigenvalue weighted by molar-refractivity contribution is 0.305. The molecule has 2 aromatic rings. The summed E-state index contributed by atoms with van der Waals surface area (Å²) in [4.78, 5) is 0. The van der Waals surface area contributed by atoms with Gasteiger partial charge < -0.3 is 20.9 Å². The van der Waals surface area contributed by atoms with Crippen molar-refractivity contribution in [3.8, 4) is 17.6 Å². The number of anilines is 1. The smallest absolute Gasteiger partial charge is 0.205 e. The van der Waals surface area contributed by atoms with Gasteiger partial charge in [-0.2, -0.15) is 5.26 Å². The van der Waals surface area contributed by atoms with Gasteiger partial charge in [-0.25, -0.2) is 0 Å². The molecule has 0 aliphatic carbocycles. The van der Waals surface area contributed by atoms with E-state index in [1.54, 1.807) is 12.1 Å². The van der Waals surface area contributed by atoms with E-state index in [0.29, 0.717) is 17.0 Å². The number of unbranched alkanes of at least 4 members (excludes halogenated alkanes) is 3. The quantitative estimate of drug-likeness (QED) is 0.560. The Bertz CT molecular complexity index is 866. The number of fused-ring (bicyclic) bond motifs is 1. The highest BCUT2D eigenvalue weighted by Crippen LogP contribution is 2.42. The van der Waals surface area contributed by atoms with Crippen molar-refractivity contribution >= 4 is 5.69 Å². The average molecular weight is 363 g/mol. The minimum Gasteiger partial charge on any atom is -0.494 e. The zero-order chi connectivity index (χ0) is 19.2. The van der Waals surface area contributed by atoms with Gasteiger partial charge >= 0.3 is 0 Å². The van der Waals surface area contributed by atoms with E-state index in [1.807, 2.05) is 30.3 Å². The summed E-state index contributed by atoms with van der Waals surface area (Å²) in [5, 5.41) is 9.60. The molecular weight excluding hydrogens is 338 g/mol. The van der Waals surface area contributed by atoms with E-state index in [9.17, 15) is 5.26 Å². The van der Waals surface area contributed by atoms with E-state index < -0.39 is 0 Å². The molecule has 1 heterocycles. The molecule has 1 aliphatic rings. The van der Waals surface area contributed by atoms with E-state index in [4.69, 9.17) is 20.9 Å². The largest absolute Gasteiger partial charge is 0.494 e. The van der Waals surface area contributed by atoms with Crippen molar-refractivity contribution in [2.24, 2.45) is 5.73 Å². The highest BCUT2D eigenvalue weighted by Gasteiger charge is 2.30. The zero-order valence-electron chi connectivity index (χ0n) is 15.6. The van der Waals surface area contributed by atoms with Crippen molar-refractivity contribution in [1.29, 1.82) is 5.26 Å². The second kappa shape index (κ2) is 8.50. The highest BCUT2D eigenvalue weighted by atomic mass is 16.5. The van der Waals surface area contributed by atoms with Gasteiger partial charge in [0, 0.05) is 17.3 Å². The molecule has 140 valence electrons. The summed E-state index contributed by atoms with van der Waals surface area (Å²) in [5.41, 5.74) is 14.7. The standard InChI is InChI=1S/C22H25N3O2/c1-2-3-4-5-12-26-17-9-6-15(7-10-17)21-18-11-8-16(24)13-20(18)27-22(25)19(21)14-23/h6-11,13,21H,2-5,12,24-25H2,1H3/t21-/m1/s1. The van der Waals surface area contributed by atoms with Gasteiger partial charge in [0.05, 0.1) is 12.5 Å². The molecule has 0 radical (unpaired) electrons. The SMILES string of the molecule is CCCCCCOc1ccc([C@H]2C(C#N)=C(N)Oc3cc(N)ccc32)cc1. The Morgan fingerprint density at radius 2 is 1.85 bits per heavy atom. The maximum Gasteiger partial charge on any atom is 0.205 e. The fraction of sp³-hybridized carbons (Fsp3) is 0.318. The van der Waals surface area contributed by atoms with Gasteiger partial charge in [-0.15, -0.1) is 0 Å². The van der Waals surface area contributed by atoms with Crippen LogP contribution >= 0.6 is 0 Å². The Kier molecular flexibility index (Phi) is 5.87. The molecule has 27 heavy (non-hydrogen) atoms. The summed E-state index contributed by atoms with van der Waals surface area (Å²) in [6.07, 6.45) is 4.69. The molecule has 1 aliphatic heterocycles. The molecule has 0 aromatic heterocycles. The lowest BCUT2D eigenvalue weighted by atomic mass is 9.83. The van der Waals surface area contributed by atoms with E-state index in [1.165, 1.54) is 19.3 Å². The predicted molar refractivity (Wildman–Crippen MR) is 106 cm³/mol. The van der Waals surface area contributed by atoms with Gasteiger partial charge in [0.15, 0.2) is 0 Å². The summed E-state index contributed by atoms with van der Waals surface area (Å²) in [5.74, 6) is 1.26. The number of hydrogen-bond acceptors (Lipinski definition) is 5. The minimum atomic E-state index is -0.280. The first-order valence-corrected chi connectivity index (χ1v) is 9.33. The number of benzene rings is 2. The van der Waals surface area contributed by atoms with E-state index in [0.717, 1.165) is 29.9 Å². The van der Waals surface area contributed by atoms with Crippen LogP contribution in [-0.2, 0) is 0 Å². The number of nitrogens with zero attached hydrogens (tertiary/aromatic N) is 1. The lowest BCUT2D eigenvalue weighted by Crippen LogP contribution is -2.21. The van der Waals surface area contributed by atoms with Gasteiger partial charge in [-0.3, -0.25) is 0 Å². The first kappa shape index (κ1) is 18.7. The maximum absolute atomic E-state index is 9.60. The average Bonchev–Trinajstić information content (AvgIpc) is 2.67. The molecule has 3 rings (SSSR count). The van der Waals surface area contributed by atoms with Gasteiger partial charge in [0.25, 0.3) is 0 Å². The third kappa shape index (κ3) is 4.17. The Labute approximate surface area is 160 Å². The molecule has 0 spiro atoms. The summed E-state index contributed by atoms with van der Waals surface area (Å²) in [6, 6.07) is 15.4. The maximum atomic E-state index is 9.60. The molecule has 0 amide bonds. The van der Waals surface area contributed by atoms with Crippen LogP contribution < -0.4 is 20.9 Å². The number of ether oxygens (including phenoxy) is 2. The van der Waals surface area contributed by atoms with E-state index in [-0.39, 0.29) is 11.8 Å². The monoisotopic (exact) mass is 363 g/mol. The van der Waals surface area contributed by atoms with Crippen LogP contribution in [0, 0.1) is 11.3 Å². The van der Waals surface area contributed by atoms with Crippen LogP contribution in [0.2, 0.25) is 0 Å². The van der Waals surface area contributed by atoms with Crippen molar-refractivity contribution < 1.29 is 9.47 Å². The van der Waals surface area contributed by atoms with Crippen molar-refractivity contribution in [3.05, 3.63) is 65.0 Å². The third-order valence-electron chi connectivity index (χ3n) is 4.72. The van der Waals surface area contributed by atoms with Gasteiger partial charge in [-0.1, -0.05) is 44.4 Å². The summed E-state index contributed by atoms with van der Waals surface area (Å²) < 4.78 is 11.4. The van der Waals surface area contributed by atoms with Crippen LogP contribution in [0.4, 0.5) is 5.69 Å². The number of nitriles is 1. The second-order valence-electron chi connectivity index (χ2n) is 6.70. The fourth-order valence-electron chi connectivity index (χ4n) is 3.29. The summed E-state index contributed by atoms with van der Waals surface area (Å²) >= 11 is 0. The van der Waals surface area contributed by atoms with Crippen molar-refractivity contribution in [1.82, 2.24) is 0 Å². The van der Waals surface area contributed by atoms with Crippen molar-refractivity contribution in [3.63, 3.8) is 0 Å². The van der Waals surface area contributed by atoms with E-state index >= 15 is 0 Å². The summed E-state index contributed by atoms with van der Waals surface area (Å²) in [7, 11) is 0. The van der Waals surface area contributed by atoms with Crippen LogP contribution in [0.25, 0.3) is 0 Å². The van der Waals surface area contributed by atoms with Crippen LogP contribution in [-0.4, -0.2) is 6.61 Å². The van der Waals surface area contributed by atoms with Crippen LogP contribution in [0.5, 0.6) is 11.5 Å². The molecule has 5 heteroatoms. The molecule has 5 nitrogen and oxygen atoms in total. The number of nitrogens with two attached hydrogens (primary N) is 2. The van der Waals surface area contributed by atoms with Gasteiger partial charge in [0.2, 0.25) is 5.88 Å². The Morgan fingerprint density at radius 3 is 2.56 bits per heavy atom. The number of rotatable bonds is 7. The number of nitrogen functional groups attached to an aromatic ring is 1. The highest BCUT2D eigenvalue weighted by molar-refractivity contribution is 5.59. The second-order valence-corrected chi connectivity index (χ2v) is 6.70. The van der Waals surface area contributed by atoms with Crippen molar-refractivity contribution in [2.75, 3.05) is 12.3 Å². The molecule has 0 fully saturated rings. The molecular formula is C22H25N3O2. The van der Waals surface area contributed by atoms with Gasteiger partial charge in [-0.05, 0) is 30.2 Å². The lowest BCUT2D eigenvalue weighted by Gasteiger charge is -2.26. The Hall–Kier alpha value is -3.13. The zero-order valence-corrected chi connectivity index (χ0v) is 15.6. The van der Waals surface area contributed by atoms with Crippen LogP contribution in [0.3, 0.4) is 0 Å². The van der Waals surface area contributed by atoms with Crippen molar-refractivity contribution in [2.45, 2.75) is 38.5 Å². The fourth-order valence-corrected chi connectivity index (χ4v) is 3.29. The molecule has 2 aromatic carbocycles. The van der Waals surface area contributed by atoms with Crippen LogP contribution in [0.1, 0.15) is 49.7 Å². The molecule has 0 bridgehead atoms. The topological polar surface area (TPSA) is 94.3 Å². The molecule has 1 atom stereocenters. The predicted octanol–water partition coefficient (Wildman–Crippen LogP) is 4.45. The van der Waals surface area contributed by atoms with E-state index in [2.05, 4.69) is 13.0 Å². The Balaban J connectivity index is 1.81. The number of hydrogen-bond donors (Lipinski definition) is 2. The molecule has 4 N–H and O–H groups in total. The number of allylic oxidation sites excluding steroid dienone is 1. The molecule has 0 saturated heterocycles.